The number of thioether (sulfide) groups is 1. The number of ether oxygens (including phenoxy) is 1. The molecule has 0 saturated carbocycles. The average Bonchev–Trinajstić information content (AvgIpc) is 2.89. The van der Waals surface area contributed by atoms with Gasteiger partial charge in [-0.3, -0.25) is 4.79 Å². The third-order valence-electron chi connectivity index (χ3n) is 5.72. The summed E-state index contributed by atoms with van der Waals surface area (Å²) in [7, 11) is 6.14. The quantitative estimate of drug-likeness (QED) is 0.419. The zero-order valence-corrected chi connectivity index (χ0v) is 20.9. The van der Waals surface area contributed by atoms with Crippen LogP contribution in [0, 0.1) is 5.92 Å². The van der Waals surface area contributed by atoms with E-state index in [1.165, 1.54) is 11.8 Å². The van der Waals surface area contributed by atoms with E-state index in [1.807, 2.05) is 35.2 Å². The zero-order valence-electron chi connectivity index (χ0n) is 20.0. The minimum Gasteiger partial charge on any atom is -0.373 e. The van der Waals surface area contributed by atoms with Gasteiger partial charge in [-0.25, -0.2) is 9.97 Å². The first kappa shape index (κ1) is 24.5. The zero-order chi connectivity index (χ0) is 23.3. The highest BCUT2D eigenvalue weighted by molar-refractivity contribution is 7.98. The molecule has 0 aliphatic carbocycles. The lowest BCUT2D eigenvalue weighted by Crippen LogP contribution is -2.33. The SMILES string of the molecule is CSc1ncc2c(n1)N(C)CCN(c1cccc(COC(CCN(C)C)C(C)C)c1)C2=O. The van der Waals surface area contributed by atoms with E-state index in [9.17, 15) is 4.79 Å². The predicted octanol–water partition coefficient (Wildman–Crippen LogP) is 3.79. The third kappa shape index (κ3) is 5.99. The van der Waals surface area contributed by atoms with Crippen molar-refractivity contribution in [3.05, 3.63) is 41.6 Å². The topological polar surface area (TPSA) is 61.8 Å². The number of likely N-dealkylation sites (N-methyl/N-ethyl adjacent to an activating group) is 1. The molecule has 0 radical (unpaired) electrons. The first-order valence-electron chi connectivity index (χ1n) is 11.1. The molecule has 7 nitrogen and oxygen atoms in total. The van der Waals surface area contributed by atoms with Gasteiger partial charge in [0.15, 0.2) is 5.16 Å². The van der Waals surface area contributed by atoms with Crippen molar-refractivity contribution in [2.24, 2.45) is 5.92 Å². The Labute approximate surface area is 196 Å². The van der Waals surface area contributed by atoms with Gasteiger partial charge >= 0.3 is 0 Å². The summed E-state index contributed by atoms with van der Waals surface area (Å²) in [4.78, 5) is 28.3. The van der Waals surface area contributed by atoms with E-state index in [-0.39, 0.29) is 12.0 Å². The van der Waals surface area contributed by atoms with Crippen LogP contribution >= 0.6 is 11.8 Å². The molecular formula is C24H35N5O2S. The molecule has 0 N–H and O–H groups in total. The second-order valence-electron chi connectivity index (χ2n) is 8.83. The van der Waals surface area contributed by atoms with Crippen molar-refractivity contribution < 1.29 is 9.53 Å². The molecule has 174 valence electrons. The van der Waals surface area contributed by atoms with Crippen molar-refractivity contribution >= 4 is 29.2 Å². The Kier molecular flexibility index (Phi) is 8.51. The molecule has 2 aromatic rings. The van der Waals surface area contributed by atoms with Crippen molar-refractivity contribution in [1.82, 2.24) is 14.9 Å². The van der Waals surface area contributed by atoms with Gasteiger partial charge in [0.2, 0.25) is 0 Å². The lowest BCUT2D eigenvalue weighted by molar-refractivity contribution is 0.00168. The summed E-state index contributed by atoms with van der Waals surface area (Å²) >= 11 is 1.47. The van der Waals surface area contributed by atoms with Gasteiger partial charge in [-0.1, -0.05) is 37.7 Å². The van der Waals surface area contributed by atoms with Gasteiger partial charge in [0.05, 0.1) is 12.7 Å². The van der Waals surface area contributed by atoms with Crippen molar-refractivity contribution in [2.75, 3.05) is 56.8 Å². The smallest absolute Gasteiger partial charge is 0.263 e. The second-order valence-corrected chi connectivity index (χ2v) is 9.60. The maximum Gasteiger partial charge on any atom is 0.263 e. The minimum atomic E-state index is -0.0684. The van der Waals surface area contributed by atoms with E-state index in [4.69, 9.17) is 4.74 Å². The number of aromatic nitrogens is 2. The van der Waals surface area contributed by atoms with E-state index in [0.717, 1.165) is 24.2 Å². The highest BCUT2D eigenvalue weighted by Crippen LogP contribution is 2.27. The molecule has 0 bridgehead atoms. The fourth-order valence-corrected chi connectivity index (χ4v) is 4.09. The second kappa shape index (κ2) is 11.1. The Bertz CT molecular complexity index is 921. The van der Waals surface area contributed by atoms with Crippen LogP contribution < -0.4 is 9.80 Å². The Morgan fingerprint density at radius 2 is 2.03 bits per heavy atom. The van der Waals surface area contributed by atoms with Crippen molar-refractivity contribution in [3.63, 3.8) is 0 Å². The van der Waals surface area contributed by atoms with Crippen LogP contribution in [0.1, 0.15) is 36.2 Å². The molecule has 8 heteroatoms. The molecule has 2 heterocycles. The molecule has 0 saturated heterocycles. The molecule has 0 fully saturated rings. The summed E-state index contributed by atoms with van der Waals surface area (Å²) in [6.45, 7) is 7.21. The van der Waals surface area contributed by atoms with Crippen LogP contribution in [0.25, 0.3) is 0 Å². The number of anilines is 2. The van der Waals surface area contributed by atoms with Crippen molar-refractivity contribution in [2.45, 2.75) is 38.1 Å². The van der Waals surface area contributed by atoms with Gasteiger partial charge < -0.3 is 19.4 Å². The molecular weight excluding hydrogens is 422 g/mol. The Morgan fingerprint density at radius 1 is 1.25 bits per heavy atom. The molecule has 1 aliphatic rings. The molecule has 1 aliphatic heterocycles. The average molecular weight is 458 g/mol. The lowest BCUT2D eigenvalue weighted by Gasteiger charge is -2.24. The summed E-state index contributed by atoms with van der Waals surface area (Å²) < 4.78 is 6.27. The standard InChI is InChI=1S/C24H35N5O2S/c1-17(2)21(10-11-27(3)4)31-16-18-8-7-9-19(14-18)29-13-12-28(5)22-20(23(29)30)15-25-24(26-22)32-6/h7-9,14-15,17,21H,10-13,16H2,1-6H3. The maximum absolute atomic E-state index is 13.4. The fourth-order valence-electron chi connectivity index (χ4n) is 3.76. The van der Waals surface area contributed by atoms with E-state index < -0.39 is 0 Å². The number of benzene rings is 1. The molecule has 3 rings (SSSR count). The van der Waals surface area contributed by atoms with E-state index in [0.29, 0.717) is 42.2 Å². The van der Waals surface area contributed by atoms with Crippen LogP contribution in [-0.2, 0) is 11.3 Å². The van der Waals surface area contributed by atoms with Gasteiger partial charge in [0.1, 0.15) is 11.4 Å². The molecule has 32 heavy (non-hydrogen) atoms. The van der Waals surface area contributed by atoms with Crippen molar-refractivity contribution in [1.29, 1.82) is 0 Å². The highest BCUT2D eigenvalue weighted by atomic mass is 32.2. The summed E-state index contributed by atoms with van der Waals surface area (Å²) in [5, 5.41) is 0.671. The highest BCUT2D eigenvalue weighted by Gasteiger charge is 2.28. The van der Waals surface area contributed by atoms with Gasteiger partial charge in [0.25, 0.3) is 5.91 Å². The Balaban J connectivity index is 1.77. The van der Waals surface area contributed by atoms with Crippen LogP contribution in [0.15, 0.2) is 35.6 Å². The summed E-state index contributed by atoms with van der Waals surface area (Å²) in [5.41, 5.74) is 2.48. The Morgan fingerprint density at radius 3 is 2.72 bits per heavy atom. The van der Waals surface area contributed by atoms with E-state index in [2.05, 4.69) is 54.9 Å². The predicted molar refractivity (Wildman–Crippen MR) is 132 cm³/mol. The fraction of sp³-hybridized carbons (Fsp3) is 0.542. The van der Waals surface area contributed by atoms with Gasteiger partial charge in [-0.05, 0) is 56.9 Å². The summed E-state index contributed by atoms with van der Waals surface area (Å²) in [5.74, 6) is 1.07. The van der Waals surface area contributed by atoms with Crippen LogP contribution in [0.2, 0.25) is 0 Å². The van der Waals surface area contributed by atoms with Gasteiger partial charge in [-0.15, -0.1) is 0 Å². The van der Waals surface area contributed by atoms with Crippen LogP contribution in [-0.4, -0.2) is 73.9 Å². The van der Waals surface area contributed by atoms with Gasteiger partial charge in [-0.2, -0.15) is 0 Å². The number of amides is 1. The van der Waals surface area contributed by atoms with Gasteiger partial charge in [0, 0.05) is 32.0 Å². The maximum atomic E-state index is 13.4. The third-order valence-corrected chi connectivity index (χ3v) is 6.28. The summed E-state index contributed by atoms with van der Waals surface area (Å²) in [6, 6.07) is 8.09. The number of carbonyl (C=O) groups is 1. The van der Waals surface area contributed by atoms with Crippen LogP contribution in [0.3, 0.4) is 0 Å². The van der Waals surface area contributed by atoms with Crippen molar-refractivity contribution in [3.8, 4) is 0 Å². The minimum absolute atomic E-state index is 0.0684. The summed E-state index contributed by atoms with van der Waals surface area (Å²) in [6.07, 6.45) is 4.78. The molecule has 1 atom stereocenters. The molecule has 1 amide bonds. The van der Waals surface area contributed by atoms with Crippen LogP contribution in [0.4, 0.5) is 11.5 Å². The number of hydrogen-bond acceptors (Lipinski definition) is 7. The number of fused-ring (bicyclic) bond motifs is 1. The lowest BCUT2D eigenvalue weighted by atomic mass is 10.0. The first-order chi connectivity index (χ1) is 15.3. The molecule has 0 spiro atoms. The number of carbonyl (C=O) groups excluding carboxylic acids is 1. The number of nitrogens with zero attached hydrogens (tertiary/aromatic N) is 5. The number of hydrogen-bond donors (Lipinski definition) is 0. The number of rotatable bonds is 9. The molecule has 1 unspecified atom stereocenters. The van der Waals surface area contributed by atoms with E-state index >= 15 is 0 Å². The van der Waals surface area contributed by atoms with E-state index in [1.54, 1.807) is 6.20 Å². The first-order valence-corrected chi connectivity index (χ1v) is 12.3. The molecule has 1 aromatic heterocycles. The van der Waals surface area contributed by atoms with Crippen LogP contribution in [0.5, 0.6) is 0 Å². The monoisotopic (exact) mass is 457 g/mol. The Hall–Kier alpha value is -2.16. The molecule has 1 aromatic carbocycles. The normalized spacial score (nSPS) is 15.3. The largest absolute Gasteiger partial charge is 0.373 e.